The van der Waals surface area contributed by atoms with Gasteiger partial charge in [-0.25, -0.2) is 0 Å². The first-order valence-corrected chi connectivity index (χ1v) is 6.35. The first-order chi connectivity index (χ1) is 3.72. The Kier molecular flexibility index (Phi) is 4.56. The van der Waals surface area contributed by atoms with Crippen LogP contribution in [0.25, 0.3) is 0 Å². The van der Waals surface area contributed by atoms with E-state index < -0.39 is 0 Å². The lowest BCUT2D eigenvalue weighted by Crippen LogP contribution is -2.04. The lowest BCUT2D eigenvalue weighted by molar-refractivity contribution is 0.668. The summed E-state index contributed by atoms with van der Waals surface area (Å²) in [6, 6.07) is 2.96. The van der Waals surface area contributed by atoms with Crippen LogP contribution in [0.3, 0.4) is 0 Å². The average Bonchev–Trinajstić information content (AvgIpc) is 1.69. The Morgan fingerprint density at radius 1 is 1.25 bits per heavy atom. The highest BCUT2D eigenvalue weighted by molar-refractivity contribution is 6.11. The SMILES string of the molecule is C[C](C)C(C[SiH3])C[SiH3]. The zero-order valence-electron chi connectivity index (χ0n) is 6.49. The molecule has 0 rings (SSSR count). The maximum absolute atomic E-state index is 2.26. The van der Waals surface area contributed by atoms with E-state index in [1.54, 1.807) is 5.92 Å². The van der Waals surface area contributed by atoms with E-state index in [2.05, 4.69) is 13.8 Å². The second-order valence-electron chi connectivity index (χ2n) is 2.59. The fourth-order valence-electron chi connectivity index (χ4n) is 1.11. The van der Waals surface area contributed by atoms with Crippen LogP contribution in [0.5, 0.6) is 0 Å². The molecule has 0 atom stereocenters. The lowest BCUT2D eigenvalue weighted by atomic mass is 10.0. The maximum Gasteiger partial charge on any atom is 0.00316 e. The van der Waals surface area contributed by atoms with Crippen molar-refractivity contribution >= 4 is 20.5 Å². The van der Waals surface area contributed by atoms with Gasteiger partial charge in [0.25, 0.3) is 0 Å². The molecular formula is C6H17Si2. The van der Waals surface area contributed by atoms with Crippen molar-refractivity contribution in [3.8, 4) is 0 Å². The van der Waals surface area contributed by atoms with Crippen LogP contribution in [-0.4, -0.2) is 20.5 Å². The summed E-state index contributed by atoms with van der Waals surface area (Å²) in [4.78, 5) is 0. The molecule has 49 valence electrons. The standard InChI is InChI=1S/C6H17Si2/c1-5(2)6(3-7)4-8/h6H,3-4H2,1-2,7-8H3. The molecule has 0 unspecified atom stereocenters. The molecule has 8 heavy (non-hydrogen) atoms. The van der Waals surface area contributed by atoms with Crippen molar-refractivity contribution in [2.45, 2.75) is 25.9 Å². The fourth-order valence-corrected chi connectivity index (χ4v) is 5.05. The summed E-state index contributed by atoms with van der Waals surface area (Å²) < 4.78 is 0. The van der Waals surface area contributed by atoms with Gasteiger partial charge in [-0.05, 0) is 11.8 Å². The molecule has 0 aromatic carbocycles. The van der Waals surface area contributed by atoms with Crippen molar-refractivity contribution in [3.63, 3.8) is 0 Å². The molecule has 0 amide bonds. The highest BCUT2D eigenvalue weighted by Crippen LogP contribution is 2.18. The summed E-state index contributed by atoms with van der Waals surface area (Å²) >= 11 is 0. The van der Waals surface area contributed by atoms with Crippen LogP contribution in [0.15, 0.2) is 0 Å². The molecule has 0 aliphatic heterocycles. The minimum Gasteiger partial charge on any atom is -0.0628 e. The summed E-state index contributed by atoms with van der Waals surface area (Å²) in [6.45, 7) is 4.53. The molecular weight excluding hydrogens is 128 g/mol. The number of rotatable bonds is 3. The Hall–Kier alpha value is 0.434. The van der Waals surface area contributed by atoms with E-state index in [-0.39, 0.29) is 0 Å². The molecule has 0 bridgehead atoms. The van der Waals surface area contributed by atoms with Gasteiger partial charge in [0, 0.05) is 20.5 Å². The van der Waals surface area contributed by atoms with E-state index in [1.165, 1.54) is 32.6 Å². The van der Waals surface area contributed by atoms with Gasteiger partial charge in [0.1, 0.15) is 0 Å². The zero-order valence-corrected chi connectivity index (χ0v) is 10.5. The Morgan fingerprint density at radius 2 is 1.62 bits per heavy atom. The van der Waals surface area contributed by atoms with E-state index in [9.17, 15) is 0 Å². The zero-order chi connectivity index (χ0) is 6.57. The molecule has 0 nitrogen and oxygen atoms in total. The molecule has 0 fully saturated rings. The smallest absolute Gasteiger partial charge is 0.00316 e. The van der Waals surface area contributed by atoms with Gasteiger partial charge in [-0.2, -0.15) is 0 Å². The van der Waals surface area contributed by atoms with E-state index in [0.717, 1.165) is 5.92 Å². The second-order valence-corrected chi connectivity index (χ2v) is 4.22. The van der Waals surface area contributed by atoms with Crippen LogP contribution >= 0.6 is 0 Å². The summed E-state index contributed by atoms with van der Waals surface area (Å²) in [6.07, 6.45) is 0. The van der Waals surface area contributed by atoms with Crippen LogP contribution in [0.2, 0.25) is 12.1 Å². The molecule has 0 aliphatic carbocycles. The van der Waals surface area contributed by atoms with E-state index >= 15 is 0 Å². The van der Waals surface area contributed by atoms with Gasteiger partial charge >= 0.3 is 0 Å². The Morgan fingerprint density at radius 3 is 1.62 bits per heavy atom. The van der Waals surface area contributed by atoms with E-state index in [4.69, 9.17) is 0 Å². The van der Waals surface area contributed by atoms with E-state index in [0.29, 0.717) is 0 Å². The Bertz CT molecular complexity index is 48.5. The quantitative estimate of drug-likeness (QED) is 0.482. The highest BCUT2D eigenvalue weighted by Gasteiger charge is 2.06. The predicted octanol–water partition coefficient (Wildman–Crippen LogP) is -0.216. The summed E-state index contributed by atoms with van der Waals surface area (Å²) in [5, 5.41) is 0. The van der Waals surface area contributed by atoms with Crippen LogP contribution in [0, 0.1) is 11.8 Å². The molecule has 0 aliphatic rings. The number of hydrogen-bond acceptors (Lipinski definition) is 0. The largest absolute Gasteiger partial charge is 0.0628 e. The van der Waals surface area contributed by atoms with Gasteiger partial charge in [0.05, 0.1) is 0 Å². The summed E-state index contributed by atoms with van der Waals surface area (Å²) in [5.41, 5.74) is 0. The first-order valence-electron chi connectivity index (χ1n) is 3.52. The summed E-state index contributed by atoms with van der Waals surface area (Å²) in [5.74, 6) is 2.64. The topological polar surface area (TPSA) is 0 Å². The van der Waals surface area contributed by atoms with Crippen molar-refractivity contribution in [3.05, 3.63) is 5.92 Å². The van der Waals surface area contributed by atoms with Crippen molar-refractivity contribution in [1.29, 1.82) is 0 Å². The normalized spacial score (nSPS) is 15.4. The van der Waals surface area contributed by atoms with Gasteiger partial charge < -0.3 is 0 Å². The molecule has 0 N–H and O–H groups in total. The molecule has 0 spiro atoms. The van der Waals surface area contributed by atoms with Crippen LogP contribution in [0.4, 0.5) is 0 Å². The van der Waals surface area contributed by atoms with Gasteiger partial charge in [-0.3, -0.25) is 0 Å². The minimum atomic E-state index is 0.994. The molecule has 0 saturated heterocycles. The summed E-state index contributed by atoms with van der Waals surface area (Å²) in [7, 11) is 2.76. The fraction of sp³-hybridized carbons (Fsp3) is 0.833. The van der Waals surface area contributed by atoms with Gasteiger partial charge in [0.15, 0.2) is 0 Å². The van der Waals surface area contributed by atoms with Crippen LogP contribution in [0.1, 0.15) is 13.8 Å². The van der Waals surface area contributed by atoms with E-state index in [1.807, 2.05) is 0 Å². The van der Waals surface area contributed by atoms with Gasteiger partial charge in [0.2, 0.25) is 0 Å². The van der Waals surface area contributed by atoms with Gasteiger partial charge in [-0.1, -0.05) is 25.9 Å². The lowest BCUT2D eigenvalue weighted by Gasteiger charge is -2.14. The van der Waals surface area contributed by atoms with Crippen molar-refractivity contribution < 1.29 is 0 Å². The third kappa shape index (κ3) is 2.67. The van der Waals surface area contributed by atoms with Crippen LogP contribution in [-0.2, 0) is 0 Å². The Balaban J connectivity index is 3.35. The molecule has 0 aromatic rings. The highest BCUT2D eigenvalue weighted by atomic mass is 28.1. The Labute approximate surface area is 58.9 Å². The van der Waals surface area contributed by atoms with Crippen molar-refractivity contribution in [2.75, 3.05) is 0 Å². The van der Waals surface area contributed by atoms with Crippen molar-refractivity contribution in [2.24, 2.45) is 5.92 Å². The van der Waals surface area contributed by atoms with Crippen LogP contribution < -0.4 is 0 Å². The third-order valence-electron chi connectivity index (χ3n) is 1.80. The molecule has 0 aromatic heterocycles. The number of hydrogen-bond donors (Lipinski definition) is 0. The minimum absolute atomic E-state index is 0.994. The maximum atomic E-state index is 2.26. The first kappa shape index (κ1) is 8.43. The third-order valence-corrected chi connectivity index (χ3v) is 3.77. The molecule has 1 radical (unpaired) electrons. The predicted molar refractivity (Wildman–Crippen MR) is 47.6 cm³/mol. The molecule has 0 saturated carbocycles. The molecule has 0 heterocycles. The average molecular weight is 145 g/mol. The second kappa shape index (κ2) is 4.33. The molecule has 2 heteroatoms. The van der Waals surface area contributed by atoms with Gasteiger partial charge in [-0.15, -0.1) is 0 Å². The van der Waals surface area contributed by atoms with Crippen molar-refractivity contribution in [1.82, 2.24) is 0 Å². The monoisotopic (exact) mass is 145 g/mol.